The number of benzene rings is 1. The molecule has 18 heavy (non-hydrogen) atoms. The van der Waals surface area contributed by atoms with Gasteiger partial charge in [0.05, 0.1) is 22.5 Å². The molecular weight excluding hydrogens is 288 g/mol. The summed E-state index contributed by atoms with van der Waals surface area (Å²) in [4.78, 5) is 23.1. The molecule has 0 aliphatic carbocycles. The van der Waals surface area contributed by atoms with Crippen molar-refractivity contribution in [1.82, 2.24) is 9.77 Å². The van der Waals surface area contributed by atoms with E-state index in [0.29, 0.717) is 0 Å². The molecule has 0 aliphatic rings. The largest absolute Gasteiger partial charge is 0.758 e. The fourth-order valence-corrected chi connectivity index (χ4v) is 1.23. The minimum absolute atomic E-state index is 0.148. The Morgan fingerprint density at radius 1 is 1.11 bits per heavy atom. The molecule has 0 bridgehead atoms. The van der Waals surface area contributed by atoms with Gasteiger partial charge in [-0.1, -0.05) is 21.9 Å². The van der Waals surface area contributed by atoms with E-state index in [9.17, 15) is 22.3 Å². The van der Waals surface area contributed by atoms with Gasteiger partial charge in [0.15, 0.2) is 5.75 Å². The maximum Gasteiger partial charge on any atom is 0.361 e. The van der Waals surface area contributed by atoms with Gasteiger partial charge >= 0.3 is 5.97 Å². The van der Waals surface area contributed by atoms with Crippen molar-refractivity contribution in [1.29, 1.82) is 0 Å². The minimum Gasteiger partial charge on any atom is -0.758 e. The summed E-state index contributed by atoms with van der Waals surface area (Å²) in [7, 11) is 0. The maximum atomic E-state index is 11.4. The van der Waals surface area contributed by atoms with Crippen molar-refractivity contribution in [2.24, 2.45) is 0 Å². The Morgan fingerprint density at radius 3 is 2.33 bits per heavy atom. The normalized spacial score (nSPS) is 13.7. The summed E-state index contributed by atoms with van der Waals surface area (Å²) in [5.41, 5.74) is -0.173. The van der Waals surface area contributed by atoms with Gasteiger partial charge in [-0.3, -0.25) is 8.42 Å². The van der Waals surface area contributed by atoms with E-state index >= 15 is 0 Å². The van der Waals surface area contributed by atoms with Crippen LogP contribution in [0.1, 0.15) is 10.4 Å². The van der Waals surface area contributed by atoms with E-state index in [4.69, 9.17) is 0 Å². The first kappa shape index (κ1) is 14.7. The lowest BCUT2D eigenvalue weighted by molar-refractivity contribution is 0.0398. The van der Waals surface area contributed by atoms with E-state index in [0.717, 1.165) is 0 Å². The van der Waals surface area contributed by atoms with Crippen LogP contribution in [-0.4, -0.2) is 23.5 Å². The SMILES string of the molecule is O=C(ONS(=O)[O-])c1ccccc1ONS(=O)[O-]. The van der Waals surface area contributed by atoms with E-state index in [1.807, 2.05) is 0 Å². The summed E-state index contributed by atoms with van der Waals surface area (Å²) in [6.45, 7) is 0. The summed E-state index contributed by atoms with van der Waals surface area (Å²) in [5, 5.41) is 0. The van der Waals surface area contributed by atoms with Crippen LogP contribution < -0.4 is 14.6 Å². The number of carbonyl (C=O) groups is 1. The molecule has 0 radical (unpaired) electrons. The van der Waals surface area contributed by atoms with Crippen LogP contribution in [0.25, 0.3) is 0 Å². The number of carbonyl (C=O) groups excluding carboxylic acids is 1. The second kappa shape index (κ2) is 7.15. The molecule has 1 aromatic rings. The Kier molecular flexibility index (Phi) is 5.84. The van der Waals surface area contributed by atoms with Crippen LogP contribution in [0.2, 0.25) is 0 Å². The van der Waals surface area contributed by atoms with Crippen molar-refractivity contribution in [2.45, 2.75) is 0 Å². The highest BCUT2D eigenvalue weighted by molar-refractivity contribution is 7.77. The fourth-order valence-electron chi connectivity index (χ4n) is 0.930. The summed E-state index contributed by atoms with van der Waals surface area (Å²) in [5.74, 6) is -1.21. The van der Waals surface area contributed by atoms with Gasteiger partial charge in [0, 0.05) is 0 Å². The quantitative estimate of drug-likeness (QED) is 0.497. The summed E-state index contributed by atoms with van der Waals surface area (Å²) < 4.78 is 40.7. The summed E-state index contributed by atoms with van der Waals surface area (Å²) in [6, 6.07) is 5.46. The van der Waals surface area contributed by atoms with Gasteiger partial charge in [-0.25, -0.2) is 4.79 Å². The van der Waals surface area contributed by atoms with Crippen LogP contribution in [0.15, 0.2) is 24.3 Å². The lowest BCUT2D eigenvalue weighted by Crippen LogP contribution is -2.24. The molecule has 0 aliphatic heterocycles. The maximum absolute atomic E-state index is 11.4. The third-order valence-corrected chi connectivity index (χ3v) is 1.97. The molecule has 0 spiro atoms. The molecule has 9 nitrogen and oxygen atoms in total. The second-order valence-corrected chi connectivity index (χ2v) is 3.90. The van der Waals surface area contributed by atoms with Gasteiger partial charge in [-0.15, -0.1) is 0 Å². The number of hydrogen-bond acceptors (Lipinski definition) is 7. The Morgan fingerprint density at radius 2 is 1.72 bits per heavy atom. The molecule has 0 heterocycles. The Hall–Kier alpha value is -1.37. The van der Waals surface area contributed by atoms with Crippen LogP contribution in [0, 0.1) is 0 Å². The van der Waals surface area contributed by atoms with Crippen molar-refractivity contribution in [3.05, 3.63) is 29.8 Å². The lowest BCUT2D eigenvalue weighted by atomic mass is 10.2. The molecule has 2 unspecified atom stereocenters. The summed E-state index contributed by atoms with van der Waals surface area (Å²) in [6.07, 6.45) is 0. The molecule has 0 aromatic heterocycles. The van der Waals surface area contributed by atoms with Gasteiger partial charge in [0.2, 0.25) is 0 Å². The zero-order valence-electron chi connectivity index (χ0n) is 8.48. The monoisotopic (exact) mass is 294 g/mol. The summed E-state index contributed by atoms with van der Waals surface area (Å²) >= 11 is -5.46. The first-order valence-corrected chi connectivity index (χ1v) is 6.32. The number of para-hydroxylation sites is 1. The van der Waals surface area contributed by atoms with Crippen molar-refractivity contribution in [2.75, 3.05) is 0 Å². The van der Waals surface area contributed by atoms with E-state index < -0.39 is 28.5 Å². The zero-order valence-corrected chi connectivity index (χ0v) is 10.1. The zero-order chi connectivity index (χ0) is 13.5. The number of rotatable bonds is 6. The highest BCUT2D eigenvalue weighted by Crippen LogP contribution is 2.17. The molecule has 0 saturated heterocycles. The van der Waals surface area contributed by atoms with E-state index in [2.05, 4.69) is 9.68 Å². The molecule has 2 N–H and O–H groups in total. The molecule has 11 heteroatoms. The van der Waals surface area contributed by atoms with Crippen LogP contribution in [0.5, 0.6) is 5.75 Å². The highest BCUT2D eigenvalue weighted by Gasteiger charge is 2.14. The standard InChI is InChI=1S/C7H8N2O7S2/c10-7(16-9-18(13)14)5-3-1-2-4-6(5)15-8-17(11)12/h1-4,8-9H,(H,11,12)(H,13,14)/p-2. The molecule has 0 amide bonds. The Balaban J connectivity index is 2.77. The van der Waals surface area contributed by atoms with Gasteiger partial charge in [-0.05, 0) is 12.1 Å². The van der Waals surface area contributed by atoms with E-state index in [-0.39, 0.29) is 11.3 Å². The van der Waals surface area contributed by atoms with Crippen LogP contribution >= 0.6 is 0 Å². The smallest absolute Gasteiger partial charge is 0.361 e. The Bertz CT molecular complexity index is 481. The predicted octanol–water partition coefficient (Wildman–Crippen LogP) is -1.18. The van der Waals surface area contributed by atoms with Gasteiger partial charge in [0.25, 0.3) is 0 Å². The van der Waals surface area contributed by atoms with Crippen LogP contribution in [-0.2, 0) is 27.4 Å². The molecule has 0 fully saturated rings. The van der Waals surface area contributed by atoms with Crippen molar-refractivity contribution in [3.63, 3.8) is 0 Å². The topological polar surface area (TPSA) is 140 Å². The van der Waals surface area contributed by atoms with Crippen LogP contribution in [0.4, 0.5) is 0 Å². The highest BCUT2D eigenvalue weighted by atomic mass is 32.2. The molecule has 1 aromatic carbocycles. The first-order valence-electron chi connectivity index (χ1n) is 4.17. The average molecular weight is 294 g/mol. The Labute approximate surface area is 106 Å². The molecule has 2 atom stereocenters. The predicted molar refractivity (Wildman–Crippen MR) is 56.6 cm³/mol. The number of nitrogens with one attached hydrogen (secondary N) is 2. The molecule has 100 valence electrons. The third-order valence-electron chi connectivity index (χ3n) is 1.53. The molecular formula is C7H6N2O7S2-2. The second-order valence-electron chi connectivity index (χ2n) is 2.62. The molecule has 0 saturated carbocycles. The molecule has 1 rings (SSSR count). The third kappa shape index (κ3) is 4.87. The fraction of sp³-hybridized carbons (Fsp3) is 0. The van der Waals surface area contributed by atoms with Gasteiger partial charge in [-0.2, -0.15) is 0 Å². The first-order chi connectivity index (χ1) is 8.50. The van der Waals surface area contributed by atoms with E-state index in [1.54, 1.807) is 4.89 Å². The van der Waals surface area contributed by atoms with Crippen molar-refractivity contribution >= 4 is 28.5 Å². The van der Waals surface area contributed by atoms with Gasteiger partial charge in [0.1, 0.15) is 5.56 Å². The van der Waals surface area contributed by atoms with Crippen LogP contribution in [0.3, 0.4) is 0 Å². The minimum atomic E-state index is -2.78. The van der Waals surface area contributed by atoms with E-state index in [1.165, 1.54) is 29.2 Å². The van der Waals surface area contributed by atoms with Crippen molar-refractivity contribution < 1.29 is 32.0 Å². The number of hydrogen-bond donors (Lipinski definition) is 2. The average Bonchev–Trinajstić information content (AvgIpc) is 2.33. The lowest BCUT2D eigenvalue weighted by Gasteiger charge is -2.12. The van der Waals surface area contributed by atoms with Crippen molar-refractivity contribution in [3.8, 4) is 5.75 Å². The van der Waals surface area contributed by atoms with Gasteiger partial charge < -0.3 is 18.8 Å².